The summed E-state index contributed by atoms with van der Waals surface area (Å²) in [5, 5.41) is 11.7. The Morgan fingerprint density at radius 3 is 2.65 bits per heavy atom. The van der Waals surface area contributed by atoms with Crippen LogP contribution in [0.1, 0.15) is 38.5 Å². The van der Waals surface area contributed by atoms with Gasteiger partial charge in [0.2, 0.25) is 11.8 Å². The number of nitrogens with one attached hydrogen (secondary N) is 1. The Labute approximate surface area is 119 Å². The summed E-state index contributed by atoms with van der Waals surface area (Å²) in [6.07, 6.45) is 5.30. The molecule has 0 amide bonds. The van der Waals surface area contributed by atoms with Crippen molar-refractivity contribution in [3.05, 3.63) is 36.2 Å². The minimum absolute atomic E-state index is 0.516. The third kappa shape index (κ3) is 2.75. The van der Waals surface area contributed by atoms with E-state index in [2.05, 4.69) is 22.4 Å². The molecule has 0 aliphatic heterocycles. The zero-order chi connectivity index (χ0) is 13.8. The lowest BCUT2D eigenvalue weighted by molar-refractivity contribution is 0.122. The number of nitrogens with zero attached hydrogens (tertiary/aromatic N) is 2. The second kappa shape index (κ2) is 5.75. The molecule has 0 atom stereocenters. The fraction of sp³-hybridized carbons (Fsp3) is 0.500. The molecule has 0 unspecified atom stereocenters. The molecule has 4 heteroatoms. The maximum atomic E-state index is 5.69. The second-order valence-corrected chi connectivity index (χ2v) is 5.68. The van der Waals surface area contributed by atoms with Gasteiger partial charge in [-0.3, -0.25) is 0 Å². The third-order valence-electron chi connectivity index (χ3n) is 4.43. The van der Waals surface area contributed by atoms with Gasteiger partial charge in [0.1, 0.15) is 0 Å². The highest BCUT2D eigenvalue weighted by atomic mass is 16.4. The first kappa shape index (κ1) is 13.3. The molecule has 1 N–H and O–H groups in total. The molecule has 3 rings (SSSR count). The summed E-state index contributed by atoms with van der Waals surface area (Å²) in [6.45, 7) is 3.98. The molecule has 106 valence electrons. The van der Waals surface area contributed by atoms with Crippen LogP contribution in [0, 0.1) is 5.41 Å². The Hall–Kier alpha value is -1.68. The van der Waals surface area contributed by atoms with Crippen molar-refractivity contribution in [1.82, 2.24) is 15.5 Å². The van der Waals surface area contributed by atoms with Crippen molar-refractivity contribution in [2.24, 2.45) is 5.41 Å². The molecule has 0 radical (unpaired) electrons. The topological polar surface area (TPSA) is 51.0 Å². The van der Waals surface area contributed by atoms with Gasteiger partial charge in [0, 0.05) is 12.1 Å². The van der Waals surface area contributed by atoms with E-state index in [-0.39, 0.29) is 0 Å². The summed E-state index contributed by atoms with van der Waals surface area (Å²) in [5.74, 6) is 1.26. The highest BCUT2D eigenvalue weighted by Crippen LogP contribution is 2.43. The van der Waals surface area contributed by atoms with Gasteiger partial charge in [-0.2, -0.15) is 0 Å². The highest BCUT2D eigenvalue weighted by Gasteiger charge is 2.34. The molecule has 1 saturated carbocycles. The van der Waals surface area contributed by atoms with Gasteiger partial charge in [-0.1, -0.05) is 31.5 Å². The number of rotatable bonds is 6. The van der Waals surface area contributed by atoms with E-state index in [9.17, 15) is 0 Å². The zero-order valence-corrected chi connectivity index (χ0v) is 11.9. The van der Waals surface area contributed by atoms with E-state index >= 15 is 0 Å². The minimum atomic E-state index is 0.516. The quantitative estimate of drug-likeness (QED) is 0.874. The summed E-state index contributed by atoms with van der Waals surface area (Å²) >= 11 is 0. The molecule has 2 aromatic rings. The molecule has 1 heterocycles. The Morgan fingerprint density at radius 2 is 2.00 bits per heavy atom. The Bertz CT molecular complexity index is 540. The smallest absolute Gasteiger partial charge is 0.247 e. The van der Waals surface area contributed by atoms with Crippen molar-refractivity contribution in [3.63, 3.8) is 0 Å². The number of benzene rings is 1. The van der Waals surface area contributed by atoms with E-state index in [1.54, 1.807) is 0 Å². The third-order valence-corrected chi connectivity index (χ3v) is 4.43. The summed E-state index contributed by atoms with van der Waals surface area (Å²) in [5.41, 5.74) is 1.48. The molecule has 1 aliphatic carbocycles. The molecular formula is C16H21N3O. The van der Waals surface area contributed by atoms with Crippen molar-refractivity contribution >= 4 is 0 Å². The molecule has 1 aromatic carbocycles. The van der Waals surface area contributed by atoms with Gasteiger partial charge >= 0.3 is 0 Å². The first-order valence-electron chi connectivity index (χ1n) is 7.40. The predicted molar refractivity (Wildman–Crippen MR) is 78.0 cm³/mol. The zero-order valence-electron chi connectivity index (χ0n) is 11.9. The maximum absolute atomic E-state index is 5.69. The van der Waals surface area contributed by atoms with Crippen LogP contribution in [0.5, 0.6) is 0 Å². The van der Waals surface area contributed by atoms with Crippen molar-refractivity contribution in [3.8, 4) is 11.5 Å². The van der Waals surface area contributed by atoms with E-state index in [4.69, 9.17) is 4.42 Å². The summed E-state index contributed by atoms with van der Waals surface area (Å²) in [4.78, 5) is 0. The van der Waals surface area contributed by atoms with E-state index in [0.717, 1.165) is 12.1 Å². The molecule has 1 aromatic heterocycles. The molecule has 0 bridgehead atoms. The molecule has 1 fully saturated rings. The number of hydrogen-bond acceptors (Lipinski definition) is 4. The van der Waals surface area contributed by atoms with Crippen LogP contribution < -0.4 is 5.32 Å². The lowest BCUT2D eigenvalue weighted by atomic mass is 9.67. The van der Waals surface area contributed by atoms with Crippen LogP contribution in [0.4, 0.5) is 0 Å². The Kier molecular flexibility index (Phi) is 3.83. The molecule has 1 aliphatic rings. The van der Waals surface area contributed by atoms with Gasteiger partial charge in [0.05, 0.1) is 6.54 Å². The average Bonchev–Trinajstić information content (AvgIpc) is 2.92. The standard InChI is InChI=1S/C16H21N3O/c1-2-16(9-6-10-16)12-17-11-14-18-19-15(20-14)13-7-4-3-5-8-13/h3-5,7-8,17H,2,6,9-12H2,1H3. The molecule has 0 saturated heterocycles. The monoisotopic (exact) mass is 271 g/mol. The predicted octanol–water partition coefficient (Wildman–Crippen LogP) is 3.41. The fourth-order valence-electron chi connectivity index (χ4n) is 2.79. The van der Waals surface area contributed by atoms with Crippen LogP contribution in [0.2, 0.25) is 0 Å². The van der Waals surface area contributed by atoms with Gasteiger partial charge in [-0.25, -0.2) is 0 Å². The average molecular weight is 271 g/mol. The van der Waals surface area contributed by atoms with E-state index in [1.165, 1.54) is 25.7 Å². The van der Waals surface area contributed by atoms with Crippen LogP contribution in [-0.4, -0.2) is 16.7 Å². The van der Waals surface area contributed by atoms with Gasteiger partial charge in [-0.15, -0.1) is 10.2 Å². The number of hydrogen-bond donors (Lipinski definition) is 1. The van der Waals surface area contributed by atoms with Crippen molar-refractivity contribution in [2.45, 2.75) is 39.2 Å². The molecule has 0 spiro atoms. The SMILES string of the molecule is CCC1(CNCc2nnc(-c3ccccc3)o2)CCC1. The molecule has 20 heavy (non-hydrogen) atoms. The minimum Gasteiger partial charge on any atom is -0.419 e. The van der Waals surface area contributed by atoms with E-state index in [1.807, 2.05) is 30.3 Å². The maximum Gasteiger partial charge on any atom is 0.247 e. The lowest BCUT2D eigenvalue weighted by Crippen LogP contribution is -2.39. The van der Waals surface area contributed by atoms with Crippen molar-refractivity contribution in [2.75, 3.05) is 6.54 Å². The fourth-order valence-corrected chi connectivity index (χ4v) is 2.79. The van der Waals surface area contributed by atoms with E-state index in [0.29, 0.717) is 23.7 Å². The van der Waals surface area contributed by atoms with Crippen molar-refractivity contribution in [1.29, 1.82) is 0 Å². The first-order valence-corrected chi connectivity index (χ1v) is 7.40. The Morgan fingerprint density at radius 1 is 1.20 bits per heavy atom. The van der Waals surface area contributed by atoms with Gasteiger partial charge in [0.25, 0.3) is 0 Å². The molecule has 4 nitrogen and oxygen atoms in total. The van der Waals surface area contributed by atoms with Gasteiger partial charge in [0.15, 0.2) is 0 Å². The summed E-state index contributed by atoms with van der Waals surface area (Å²) in [6, 6.07) is 9.87. The van der Waals surface area contributed by atoms with Crippen LogP contribution in [0.3, 0.4) is 0 Å². The molecular weight excluding hydrogens is 250 g/mol. The number of aromatic nitrogens is 2. The van der Waals surface area contributed by atoms with Crippen LogP contribution in [-0.2, 0) is 6.54 Å². The van der Waals surface area contributed by atoms with Crippen LogP contribution in [0.15, 0.2) is 34.7 Å². The lowest BCUT2D eigenvalue weighted by Gasteiger charge is -2.41. The highest BCUT2D eigenvalue weighted by molar-refractivity contribution is 5.51. The van der Waals surface area contributed by atoms with Gasteiger partial charge in [-0.05, 0) is 36.8 Å². The Balaban J connectivity index is 1.55. The summed E-state index contributed by atoms with van der Waals surface area (Å²) < 4.78 is 5.69. The van der Waals surface area contributed by atoms with E-state index < -0.39 is 0 Å². The second-order valence-electron chi connectivity index (χ2n) is 5.68. The van der Waals surface area contributed by atoms with Crippen LogP contribution in [0.25, 0.3) is 11.5 Å². The first-order chi connectivity index (χ1) is 9.81. The normalized spacial score (nSPS) is 16.9. The van der Waals surface area contributed by atoms with Crippen LogP contribution >= 0.6 is 0 Å². The largest absolute Gasteiger partial charge is 0.419 e. The van der Waals surface area contributed by atoms with Gasteiger partial charge < -0.3 is 9.73 Å². The van der Waals surface area contributed by atoms with Crippen molar-refractivity contribution < 1.29 is 4.42 Å². The summed E-state index contributed by atoms with van der Waals surface area (Å²) in [7, 11) is 0.